The highest BCUT2D eigenvalue weighted by Crippen LogP contribution is 2.26. The van der Waals surface area contributed by atoms with Crippen LogP contribution in [0.3, 0.4) is 0 Å². The Hall–Kier alpha value is -1.62. The number of methoxy groups -OCH3 is 1. The molecule has 0 saturated carbocycles. The van der Waals surface area contributed by atoms with Crippen molar-refractivity contribution >= 4 is 5.91 Å². The second-order valence-electron chi connectivity index (χ2n) is 5.25. The molecule has 5 heteroatoms. The third-order valence-corrected chi connectivity index (χ3v) is 3.88. The topological polar surface area (TPSA) is 50.4 Å². The third kappa shape index (κ3) is 3.10. The van der Waals surface area contributed by atoms with E-state index in [9.17, 15) is 9.18 Å². The van der Waals surface area contributed by atoms with Gasteiger partial charge in [-0.05, 0) is 45.0 Å². The maximum absolute atomic E-state index is 13.4. The molecule has 20 heavy (non-hydrogen) atoms. The van der Waals surface area contributed by atoms with Crippen molar-refractivity contribution in [3.05, 3.63) is 29.6 Å². The van der Waals surface area contributed by atoms with Crippen LogP contribution in [0.15, 0.2) is 18.2 Å². The highest BCUT2D eigenvalue weighted by atomic mass is 19.1. The standard InChI is InChI=1S/C15H21FN2O2/c1-9-12(6-7-17-9)15(19)18-10(2)13-8-11(16)4-5-14(13)20-3/h4-5,8-10,12,17H,6-7H2,1-3H3,(H,18,19). The largest absolute Gasteiger partial charge is 0.496 e. The summed E-state index contributed by atoms with van der Waals surface area (Å²) in [5.41, 5.74) is 0.652. The van der Waals surface area contributed by atoms with Crippen LogP contribution in [0.1, 0.15) is 31.9 Å². The van der Waals surface area contributed by atoms with E-state index < -0.39 is 0 Å². The average Bonchev–Trinajstić information content (AvgIpc) is 2.85. The molecule has 1 saturated heterocycles. The molecule has 0 aliphatic carbocycles. The summed E-state index contributed by atoms with van der Waals surface area (Å²) in [4.78, 5) is 12.2. The molecule has 1 fully saturated rings. The molecule has 110 valence electrons. The van der Waals surface area contributed by atoms with Crippen LogP contribution in [0.25, 0.3) is 0 Å². The average molecular weight is 280 g/mol. The zero-order chi connectivity index (χ0) is 14.7. The molecule has 1 aliphatic rings. The summed E-state index contributed by atoms with van der Waals surface area (Å²) in [7, 11) is 1.54. The molecule has 0 aromatic heterocycles. The van der Waals surface area contributed by atoms with Crippen LogP contribution in [0.4, 0.5) is 4.39 Å². The van der Waals surface area contributed by atoms with Crippen molar-refractivity contribution in [3.8, 4) is 5.75 Å². The molecule has 1 heterocycles. The fraction of sp³-hybridized carbons (Fsp3) is 0.533. The van der Waals surface area contributed by atoms with Gasteiger partial charge in [0.2, 0.25) is 5.91 Å². The molecule has 3 unspecified atom stereocenters. The molecule has 1 amide bonds. The van der Waals surface area contributed by atoms with Crippen LogP contribution in [0.2, 0.25) is 0 Å². The molecule has 0 radical (unpaired) electrons. The summed E-state index contributed by atoms with van der Waals surface area (Å²) in [6.45, 7) is 4.70. The van der Waals surface area contributed by atoms with Gasteiger partial charge >= 0.3 is 0 Å². The number of benzene rings is 1. The predicted molar refractivity (Wildman–Crippen MR) is 75.1 cm³/mol. The van der Waals surface area contributed by atoms with Gasteiger partial charge in [-0.2, -0.15) is 0 Å². The Morgan fingerprint density at radius 3 is 2.90 bits per heavy atom. The number of halogens is 1. The van der Waals surface area contributed by atoms with Crippen LogP contribution in [-0.2, 0) is 4.79 Å². The Morgan fingerprint density at radius 2 is 2.30 bits per heavy atom. The van der Waals surface area contributed by atoms with Gasteiger partial charge in [0.1, 0.15) is 11.6 Å². The zero-order valence-electron chi connectivity index (χ0n) is 12.1. The number of hydrogen-bond donors (Lipinski definition) is 2. The molecular weight excluding hydrogens is 259 g/mol. The molecular formula is C15H21FN2O2. The van der Waals surface area contributed by atoms with Crippen molar-refractivity contribution in [1.82, 2.24) is 10.6 Å². The summed E-state index contributed by atoms with van der Waals surface area (Å²) in [5, 5.41) is 6.19. The van der Waals surface area contributed by atoms with Crippen molar-refractivity contribution in [1.29, 1.82) is 0 Å². The highest BCUT2D eigenvalue weighted by Gasteiger charge is 2.30. The molecule has 2 rings (SSSR count). The van der Waals surface area contributed by atoms with Crippen LogP contribution < -0.4 is 15.4 Å². The molecule has 2 N–H and O–H groups in total. The Labute approximate surface area is 118 Å². The lowest BCUT2D eigenvalue weighted by Gasteiger charge is -2.21. The number of rotatable bonds is 4. The van der Waals surface area contributed by atoms with Gasteiger partial charge in [0.15, 0.2) is 0 Å². The van der Waals surface area contributed by atoms with Crippen molar-refractivity contribution in [2.24, 2.45) is 5.92 Å². The van der Waals surface area contributed by atoms with Gasteiger partial charge in [-0.25, -0.2) is 4.39 Å². The van der Waals surface area contributed by atoms with Crippen LogP contribution in [-0.4, -0.2) is 25.6 Å². The first kappa shape index (κ1) is 14.8. The maximum Gasteiger partial charge on any atom is 0.225 e. The first-order chi connectivity index (χ1) is 9.52. The SMILES string of the molecule is COc1ccc(F)cc1C(C)NC(=O)C1CCNC1C. The van der Waals surface area contributed by atoms with Crippen molar-refractivity contribution in [2.75, 3.05) is 13.7 Å². The van der Waals surface area contributed by atoms with E-state index in [0.29, 0.717) is 11.3 Å². The Bertz CT molecular complexity index is 493. The molecule has 3 atom stereocenters. The molecule has 1 aliphatic heterocycles. The van der Waals surface area contributed by atoms with Crippen LogP contribution in [0.5, 0.6) is 5.75 Å². The number of ether oxygens (including phenoxy) is 1. The minimum Gasteiger partial charge on any atom is -0.496 e. The minimum atomic E-state index is -0.335. The van der Waals surface area contributed by atoms with E-state index >= 15 is 0 Å². The van der Waals surface area contributed by atoms with Gasteiger partial charge in [0.05, 0.1) is 19.1 Å². The maximum atomic E-state index is 13.4. The third-order valence-electron chi connectivity index (χ3n) is 3.88. The summed E-state index contributed by atoms with van der Waals surface area (Å²) < 4.78 is 18.6. The molecule has 4 nitrogen and oxygen atoms in total. The van der Waals surface area contributed by atoms with E-state index in [4.69, 9.17) is 4.74 Å². The van der Waals surface area contributed by atoms with E-state index in [2.05, 4.69) is 10.6 Å². The molecule has 1 aromatic rings. The Balaban J connectivity index is 2.09. The van der Waals surface area contributed by atoms with Gasteiger partial charge in [-0.15, -0.1) is 0 Å². The fourth-order valence-electron chi connectivity index (χ4n) is 2.66. The zero-order valence-corrected chi connectivity index (χ0v) is 12.1. The van der Waals surface area contributed by atoms with E-state index in [-0.39, 0.29) is 29.7 Å². The number of amides is 1. The van der Waals surface area contributed by atoms with Crippen molar-refractivity contribution in [3.63, 3.8) is 0 Å². The second kappa shape index (κ2) is 6.22. The summed E-state index contributed by atoms with van der Waals surface area (Å²) >= 11 is 0. The number of hydrogen-bond acceptors (Lipinski definition) is 3. The van der Waals surface area contributed by atoms with Crippen LogP contribution in [0, 0.1) is 11.7 Å². The smallest absolute Gasteiger partial charge is 0.225 e. The van der Waals surface area contributed by atoms with Gasteiger partial charge in [-0.1, -0.05) is 0 Å². The first-order valence-electron chi connectivity index (χ1n) is 6.90. The second-order valence-corrected chi connectivity index (χ2v) is 5.25. The fourth-order valence-corrected chi connectivity index (χ4v) is 2.66. The van der Waals surface area contributed by atoms with Crippen molar-refractivity contribution in [2.45, 2.75) is 32.4 Å². The van der Waals surface area contributed by atoms with Gasteiger partial charge in [-0.3, -0.25) is 4.79 Å². The quantitative estimate of drug-likeness (QED) is 0.887. The van der Waals surface area contributed by atoms with Gasteiger partial charge in [0.25, 0.3) is 0 Å². The van der Waals surface area contributed by atoms with E-state index in [0.717, 1.165) is 13.0 Å². The lowest BCUT2D eigenvalue weighted by molar-refractivity contribution is -0.125. The van der Waals surface area contributed by atoms with E-state index in [1.807, 2.05) is 13.8 Å². The Kier molecular flexibility index (Phi) is 4.60. The van der Waals surface area contributed by atoms with Crippen molar-refractivity contribution < 1.29 is 13.9 Å². The molecule has 0 spiro atoms. The van der Waals surface area contributed by atoms with Gasteiger partial charge < -0.3 is 15.4 Å². The minimum absolute atomic E-state index is 0.00122. The normalized spacial score (nSPS) is 23.4. The summed E-state index contributed by atoms with van der Waals surface area (Å²) in [6.07, 6.45) is 0.833. The van der Waals surface area contributed by atoms with E-state index in [1.165, 1.54) is 19.2 Å². The monoisotopic (exact) mass is 280 g/mol. The first-order valence-corrected chi connectivity index (χ1v) is 6.90. The Morgan fingerprint density at radius 1 is 1.55 bits per heavy atom. The molecule has 1 aromatic carbocycles. The lowest BCUT2D eigenvalue weighted by atomic mass is 9.99. The highest BCUT2D eigenvalue weighted by molar-refractivity contribution is 5.80. The number of carbonyl (C=O) groups is 1. The number of nitrogens with one attached hydrogen (secondary N) is 2. The summed E-state index contributed by atoms with van der Waals surface area (Å²) in [6, 6.07) is 4.21. The molecule has 0 bridgehead atoms. The lowest BCUT2D eigenvalue weighted by Crippen LogP contribution is -2.38. The number of carbonyl (C=O) groups excluding carboxylic acids is 1. The van der Waals surface area contributed by atoms with E-state index in [1.54, 1.807) is 6.07 Å². The summed E-state index contributed by atoms with van der Waals surface area (Å²) in [5.74, 6) is 0.216. The van der Waals surface area contributed by atoms with Crippen LogP contribution >= 0.6 is 0 Å². The predicted octanol–water partition coefficient (Wildman–Crippen LogP) is 2.01. The van der Waals surface area contributed by atoms with Gasteiger partial charge in [0, 0.05) is 11.6 Å².